The fourth-order valence-corrected chi connectivity index (χ4v) is 3.96. The molecule has 0 aromatic rings. The first kappa shape index (κ1) is 5.62. The van der Waals surface area contributed by atoms with Crippen molar-refractivity contribution in [2.75, 3.05) is 0 Å². The summed E-state index contributed by atoms with van der Waals surface area (Å²) in [7, 11) is 0. The van der Waals surface area contributed by atoms with E-state index < -0.39 is 0 Å². The molecule has 4 saturated carbocycles. The standard InChI is InChI=1S/C10H16/c1-2-8-4-9-6-10(3-1,5-8)7-9/h8-9H,1-7H2. The third kappa shape index (κ3) is 0.580. The number of hydrogen-bond acceptors (Lipinski definition) is 0. The van der Waals surface area contributed by atoms with Gasteiger partial charge in [-0.3, -0.25) is 0 Å². The smallest absolute Gasteiger partial charge is 0.0290 e. The van der Waals surface area contributed by atoms with Crippen molar-refractivity contribution in [1.29, 1.82) is 0 Å². The second kappa shape index (κ2) is 1.60. The largest absolute Gasteiger partial charge is 0.0525 e. The lowest BCUT2D eigenvalue weighted by molar-refractivity contribution is -0.0722. The van der Waals surface area contributed by atoms with E-state index in [1.165, 1.54) is 11.8 Å². The van der Waals surface area contributed by atoms with Crippen LogP contribution in [0.4, 0.5) is 0 Å². The van der Waals surface area contributed by atoms with Crippen LogP contribution < -0.4 is 0 Å². The molecule has 0 heteroatoms. The second-order valence-electron chi connectivity index (χ2n) is 4.97. The zero-order chi connectivity index (χ0) is 6.60. The van der Waals surface area contributed by atoms with Crippen molar-refractivity contribution in [3.63, 3.8) is 0 Å². The average Bonchev–Trinajstić information content (AvgIpc) is 1.84. The molecular formula is C10H16. The summed E-state index contributed by atoms with van der Waals surface area (Å²) >= 11 is 0. The zero-order valence-corrected chi connectivity index (χ0v) is 6.60. The van der Waals surface area contributed by atoms with Crippen LogP contribution in [0.1, 0.15) is 44.9 Å². The highest BCUT2D eigenvalue weighted by atomic mass is 14.6. The SMILES string of the molecule is C1CC2CC3CC(C1)(C2)C3. The normalized spacial score (nSPS) is 57.6. The van der Waals surface area contributed by atoms with Gasteiger partial charge in [0.15, 0.2) is 0 Å². The first-order valence-corrected chi connectivity index (χ1v) is 4.86. The van der Waals surface area contributed by atoms with Gasteiger partial charge in [0.1, 0.15) is 0 Å². The van der Waals surface area contributed by atoms with Gasteiger partial charge in [-0.15, -0.1) is 0 Å². The average molecular weight is 136 g/mol. The summed E-state index contributed by atoms with van der Waals surface area (Å²) in [6.07, 6.45) is 11.1. The number of rotatable bonds is 0. The van der Waals surface area contributed by atoms with Gasteiger partial charge in [-0.2, -0.15) is 0 Å². The lowest BCUT2D eigenvalue weighted by Crippen LogP contribution is -2.47. The summed E-state index contributed by atoms with van der Waals surface area (Å²) in [6.45, 7) is 0. The van der Waals surface area contributed by atoms with Crippen LogP contribution in [0.25, 0.3) is 0 Å². The fraction of sp³-hybridized carbons (Fsp3) is 1.00. The quantitative estimate of drug-likeness (QED) is 0.480. The molecule has 0 N–H and O–H groups in total. The summed E-state index contributed by atoms with van der Waals surface area (Å²) in [5.41, 5.74) is 0.922. The van der Waals surface area contributed by atoms with E-state index in [4.69, 9.17) is 0 Å². The maximum absolute atomic E-state index is 1.61. The molecule has 0 aromatic heterocycles. The Bertz CT molecular complexity index is 145. The summed E-state index contributed by atoms with van der Waals surface area (Å²) in [5.74, 6) is 2.35. The van der Waals surface area contributed by atoms with Crippen molar-refractivity contribution >= 4 is 0 Å². The van der Waals surface area contributed by atoms with Crippen molar-refractivity contribution in [2.45, 2.75) is 44.9 Å². The van der Waals surface area contributed by atoms with Crippen LogP contribution in [0.5, 0.6) is 0 Å². The van der Waals surface area contributed by atoms with Crippen LogP contribution in [0.3, 0.4) is 0 Å². The molecule has 0 aliphatic heterocycles. The zero-order valence-electron chi connectivity index (χ0n) is 6.60. The van der Waals surface area contributed by atoms with Gasteiger partial charge in [0.2, 0.25) is 0 Å². The molecular weight excluding hydrogens is 120 g/mol. The molecule has 1 unspecified atom stereocenters. The lowest BCUT2D eigenvalue weighted by Gasteiger charge is -2.58. The number of hydrogen-bond donors (Lipinski definition) is 0. The first-order chi connectivity index (χ1) is 4.86. The minimum Gasteiger partial charge on any atom is -0.0525 e. The highest BCUT2D eigenvalue weighted by molar-refractivity contribution is 5.02. The molecule has 0 aromatic carbocycles. The molecule has 0 nitrogen and oxygen atoms in total. The monoisotopic (exact) mass is 136 g/mol. The third-order valence-electron chi connectivity index (χ3n) is 4.15. The minimum atomic E-state index is 0.922. The molecule has 4 rings (SSSR count). The molecule has 10 heavy (non-hydrogen) atoms. The van der Waals surface area contributed by atoms with Gasteiger partial charge >= 0.3 is 0 Å². The molecule has 0 amide bonds. The Morgan fingerprint density at radius 3 is 2.50 bits per heavy atom. The van der Waals surface area contributed by atoms with Crippen molar-refractivity contribution in [1.82, 2.24) is 0 Å². The van der Waals surface area contributed by atoms with E-state index in [-0.39, 0.29) is 0 Å². The maximum Gasteiger partial charge on any atom is -0.0290 e. The molecule has 4 aliphatic rings. The Balaban J connectivity index is 1.88. The van der Waals surface area contributed by atoms with Crippen molar-refractivity contribution in [3.05, 3.63) is 0 Å². The second-order valence-corrected chi connectivity index (χ2v) is 4.97. The Kier molecular flexibility index (Phi) is 0.898. The van der Waals surface area contributed by atoms with E-state index in [0.29, 0.717) is 0 Å². The van der Waals surface area contributed by atoms with Crippen LogP contribution in [0.2, 0.25) is 0 Å². The van der Waals surface area contributed by atoms with E-state index in [0.717, 1.165) is 5.41 Å². The van der Waals surface area contributed by atoms with Gasteiger partial charge in [0, 0.05) is 0 Å². The van der Waals surface area contributed by atoms with Crippen molar-refractivity contribution in [3.8, 4) is 0 Å². The Morgan fingerprint density at radius 2 is 1.80 bits per heavy atom. The van der Waals surface area contributed by atoms with E-state index in [1.54, 1.807) is 44.9 Å². The maximum atomic E-state index is 1.61. The van der Waals surface area contributed by atoms with E-state index >= 15 is 0 Å². The Hall–Kier alpha value is 0. The molecule has 0 heterocycles. The van der Waals surface area contributed by atoms with E-state index in [9.17, 15) is 0 Å². The van der Waals surface area contributed by atoms with Crippen molar-refractivity contribution < 1.29 is 0 Å². The first-order valence-electron chi connectivity index (χ1n) is 4.86. The minimum absolute atomic E-state index is 0.922. The Labute approximate surface area is 63.0 Å². The summed E-state index contributed by atoms with van der Waals surface area (Å²) in [4.78, 5) is 0. The predicted octanol–water partition coefficient (Wildman–Crippen LogP) is 2.98. The molecule has 0 radical (unpaired) electrons. The van der Waals surface area contributed by atoms with Gasteiger partial charge in [-0.05, 0) is 49.4 Å². The summed E-state index contributed by atoms with van der Waals surface area (Å²) in [6, 6.07) is 0. The van der Waals surface area contributed by atoms with E-state index in [2.05, 4.69) is 0 Å². The molecule has 1 atom stereocenters. The topological polar surface area (TPSA) is 0 Å². The van der Waals surface area contributed by atoms with Gasteiger partial charge < -0.3 is 0 Å². The molecule has 0 saturated heterocycles. The van der Waals surface area contributed by atoms with E-state index in [1.807, 2.05) is 0 Å². The third-order valence-corrected chi connectivity index (χ3v) is 4.15. The highest BCUT2D eigenvalue weighted by Crippen LogP contribution is 2.63. The van der Waals surface area contributed by atoms with Crippen LogP contribution in [-0.4, -0.2) is 0 Å². The summed E-state index contributed by atoms with van der Waals surface area (Å²) < 4.78 is 0. The van der Waals surface area contributed by atoms with Crippen LogP contribution >= 0.6 is 0 Å². The molecule has 56 valence electrons. The van der Waals surface area contributed by atoms with Gasteiger partial charge in [0.25, 0.3) is 0 Å². The van der Waals surface area contributed by atoms with Crippen LogP contribution in [0.15, 0.2) is 0 Å². The molecule has 1 spiro atoms. The summed E-state index contributed by atoms with van der Waals surface area (Å²) in [5, 5.41) is 0. The van der Waals surface area contributed by atoms with Crippen LogP contribution in [0, 0.1) is 17.3 Å². The lowest BCUT2D eigenvalue weighted by atomic mass is 9.47. The van der Waals surface area contributed by atoms with Gasteiger partial charge in [0.05, 0.1) is 0 Å². The highest BCUT2D eigenvalue weighted by Gasteiger charge is 2.51. The predicted molar refractivity (Wildman–Crippen MR) is 41.7 cm³/mol. The van der Waals surface area contributed by atoms with Crippen LogP contribution in [-0.2, 0) is 0 Å². The van der Waals surface area contributed by atoms with Gasteiger partial charge in [-0.25, -0.2) is 0 Å². The fourth-order valence-electron chi connectivity index (χ4n) is 3.96. The van der Waals surface area contributed by atoms with Gasteiger partial charge in [-0.1, -0.05) is 12.8 Å². The van der Waals surface area contributed by atoms with Crippen molar-refractivity contribution in [2.24, 2.45) is 17.3 Å². The molecule has 4 aliphatic carbocycles. The molecule has 4 fully saturated rings. The Morgan fingerprint density at radius 1 is 1.00 bits per heavy atom. The molecule has 3 bridgehead atoms.